The number of nitrogens with zero attached hydrogens (tertiary/aromatic N) is 3. The number of likely N-dealkylation sites (N-methyl/N-ethyl adjacent to an activating group) is 2. The van der Waals surface area contributed by atoms with Gasteiger partial charge in [-0.3, -0.25) is 24.1 Å². The summed E-state index contributed by atoms with van der Waals surface area (Å²) in [5.74, 6) is -1.43. The second-order valence-electron chi connectivity index (χ2n) is 17.1. The van der Waals surface area contributed by atoms with E-state index >= 15 is 0 Å². The Morgan fingerprint density at radius 2 is 1.42 bits per heavy atom. The van der Waals surface area contributed by atoms with Gasteiger partial charge in [0.2, 0.25) is 17.7 Å². The fraction of sp³-hybridized carbons (Fsp3) is 0.652. The normalized spacial score (nSPS) is 19.4. The van der Waals surface area contributed by atoms with Crippen LogP contribution in [0.4, 0.5) is 0 Å². The lowest BCUT2D eigenvalue weighted by Gasteiger charge is -2.41. The second-order valence-corrected chi connectivity index (χ2v) is 17.1. The van der Waals surface area contributed by atoms with Gasteiger partial charge < -0.3 is 30.3 Å². The molecule has 0 spiro atoms. The Hall–Kier alpha value is -3.64. The average molecular weight is 792 g/mol. The molecule has 0 bridgehead atoms. The number of ketones is 1. The summed E-state index contributed by atoms with van der Waals surface area (Å²) in [6, 6.07) is 17.4. The Kier molecular flexibility index (Phi) is 18.8. The first-order chi connectivity index (χ1) is 27.0. The Morgan fingerprint density at radius 3 is 1.91 bits per heavy atom. The number of methoxy groups -OCH3 is 2. The van der Waals surface area contributed by atoms with Gasteiger partial charge in [-0.2, -0.15) is 0 Å². The maximum absolute atomic E-state index is 14.4. The van der Waals surface area contributed by atoms with Gasteiger partial charge in [-0.05, 0) is 55.8 Å². The summed E-state index contributed by atoms with van der Waals surface area (Å²) in [4.78, 5) is 61.9. The van der Waals surface area contributed by atoms with Gasteiger partial charge in [0.15, 0.2) is 5.78 Å². The smallest absolute Gasteiger partial charge is 0.226 e. The number of rotatable bonds is 22. The van der Waals surface area contributed by atoms with Gasteiger partial charge in [0.25, 0.3) is 0 Å². The van der Waals surface area contributed by atoms with Gasteiger partial charge in [-0.25, -0.2) is 0 Å². The largest absolute Gasteiger partial charge is 0.379 e. The predicted molar refractivity (Wildman–Crippen MR) is 227 cm³/mol. The minimum absolute atomic E-state index is 0.00929. The Morgan fingerprint density at radius 1 is 0.842 bits per heavy atom. The van der Waals surface area contributed by atoms with E-state index in [9.17, 15) is 19.2 Å². The molecule has 11 heteroatoms. The van der Waals surface area contributed by atoms with Gasteiger partial charge in [0, 0.05) is 40.2 Å². The van der Waals surface area contributed by atoms with E-state index in [4.69, 9.17) is 15.2 Å². The first-order valence-corrected chi connectivity index (χ1v) is 21.0. The molecule has 0 unspecified atom stereocenters. The summed E-state index contributed by atoms with van der Waals surface area (Å²) in [5.41, 5.74) is 8.60. The molecule has 1 aliphatic rings. The predicted octanol–water partition coefficient (Wildman–Crippen LogP) is 6.28. The molecule has 0 aromatic heterocycles. The molecule has 2 aromatic rings. The van der Waals surface area contributed by atoms with Crippen LogP contribution in [0.1, 0.15) is 104 Å². The number of likely N-dealkylation sites (tertiary alicyclic amines) is 1. The first kappa shape index (κ1) is 47.7. The zero-order chi connectivity index (χ0) is 42.6. The topological polar surface area (TPSA) is 135 Å². The molecule has 57 heavy (non-hydrogen) atoms. The average Bonchev–Trinajstić information content (AvgIpc) is 3.68. The van der Waals surface area contributed by atoms with Crippen LogP contribution < -0.4 is 11.1 Å². The Balaban J connectivity index is 1.82. The van der Waals surface area contributed by atoms with E-state index in [0.29, 0.717) is 13.0 Å². The van der Waals surface area contributed by atoms with Crippen molar-refractivity contribution in [3.63, 3.8) is 0 Å². The summed E-state index contributed by atoms with van der Waals surface area (Å²) in [6.07, 6.45) is 1.26. The molecule has 1 fully saturated rings. The number of amides is 3. The third-order valence-corrected chi connectivity index (χ3v) is 12.3. The Bertz CT molecular complexity index is 1550. The maximum Gasteiger partial charge on any atom is 0.226 e. The number of nitrogens with one attached hydrogen (secondary N) is 1. The second kappa shape index (κ2) is 22.5. The van der Waals surface area contributed by atoms with Crippen molar-refractivity contribution in [1.29, 1.82) is 0 Å². The molecule has 3 rings (SSSR count). The Labute approximate surface area is 343 Å². The van der Waals surface area contributed by atoms with Crippen molar-refractivity contribution >= 4 is 23.5 Å². The minimum atomic E-state index is -0.601. The van der Waals surface area contributed by atoms with Crippen LogP contribution >= 0.6 is 0 Å². The van der Waals surface area contributed by atoms with E-state index in [-0.39, 0.29) is 66.2 Å². The summed E-state index contributed by atoms with van der Waals surface area (Å²) in [6.45, 7) is 14.5. The van der Waals surface area contributed by atoms with E-state index in [0.717, 1.165) is 24.0 Å². The van der Waals surface area contributed by atoms with Crippen molar-refractivity contribution in [2.24, 2.45) is 35.3 Å². The number of carbonyl (C=O) groups is 4. The fourth-order valence-corrected chi connectivity index (χ4v) is 8.96. The number of Topliss-reactive ketones (excluding diaryl/α,β-unsaturated/α-hetero) is 1. The molecule has 3 N–H and O–H groups in total. The zero-order valence-electron chi connectivity index (χ0n) is 36.8. The molecule has 2 aromatic carbocycles. The van der Waals surface area contributed by atoms with Crippen LogP contribution in [0.5, 0.6) is 0 Å². The minimum Gasteiger partial charge on any atom is -0.379 e. The van der Waals surface area contributed by atoms with Crippen LogP contribution in [0.2, 0.25) is 0 Å². The highest BCUT2D eigenvalue weighted by Crippen LogP contribution is 2.32. The molecular weight excluding hydrogens is 719 g/mol. The number of hydrogen-bond acceptors (Lipinski definition) is 8. The highest BCUT2D eigenvalue weighted by atomic mass is 16.5. The van der Waals surface area contributed by atoms with Crippen LogP contribution in [0.15, 0.2) is 60.7 Å². The summed E-state index contributed by atoms with van der Waals surface area (Å²) in [5, 5.41) is 3.23. The fourth-order valence-electron chi connectivity index (χ4n) is 8.96. The number of ether oxygens (including phenoxy) is 2. The third-order valence-electron chi connectivity index (χ3n) is 12.3. The lowest BCUT2D eigenvalue weighted by Crippen LogP contribution is -2.54. The highest BCUT2D eigenvalue weighted by molar-refractivity contribution is 5.90. The molecule has 318 valence electrons. The molecule has 11 nitrogen and oxygen atoms in total. The van der Waals surface area contributed by atoms with Crippen molar-refractivity contribution in [2.75, 3.05) is 41.9 Å². The van der Waals surface area contributed by atoms with E-state index < -0.39 is 42.2 Å². The molecule has 1 heterocycles. The van der Waals surface area contributed by atoms with Gasteiger partial charge in [-0.1, -0.05) is 116 Å². The first-order valence-electron chi connectivity index (χ1n) is 21.0. The van der Waals surface area contributed by atoms with Gasteiger partial charge in [-0.15, -0.1) is 0 Å². The molecule has 10 atom stereocenters. The molecule has 0 aliphatic carbocycles. The monoisotopic (exact) mass is 792 g/mol. The van der Waals surface area contributed by atoms with E-state index in [1.165, 1.54) is 0 Å². The third kappa shape index (κ3) is 12.2. The number of hydrogen-bond donors (Lipinski definition) is 2. The number of nitrogens with two attached hydrogens (primary N) is 1. The lowest BCUT2D eigenvalue weighted by molar-refractivity contribution is -0.149. The van der Waals surface area contributed by atoms with Crippen molar-refractivity contribution < 1.29 is 28.7 Å². The van der Waals surface area contributed by atoms with Crippen LogP contribution in [-0.2, 0) is 28.7 Å². The highest BCUT2D eigenvalue weighted by Gasteiger charge is 2.43. The van der Waals surface area contributed by atoms with Crippen molar-refractivity contribution in [1.82, 2.24) is 20.0 Å². The zero-order valence-corrected chi connectivity index (χ0v) is 36.8. The van der Waals surface area contributed by atoms with Crippen molar-refractivity contribution in [2.45, 2.75) is 123 Å². The molecule has 1 saturated heterocycles. The van der Waals surface area contributed by atoms with E-state index in [1.807, 2.05) is 119 Å². The van der Waals surface area contributed by atoms with Crippen molar-refractivity contribution in [3.05, 3.63) is 71.8 Å². The van der Waals surface area contributed by atoms with Crippen LogP contribution in [-0.4, -0.2) is 110 Å². The quantitative estimate of drug-likeness (QED) is 0.142. The number of benzene rings is 2. The molecule has 0 saturated carbocycles. The van der Waals surface area contributed by atoms with E-state index in [1.54, 1.807) is 26.2 Å². The van der Waals surface area contributed by atoms with Gasteiger partial charge >= 0.3 is 0 Å². The van der Waals surface area contributed by atoms with Crippen LogP contribution in [0.25, 0.3) is 0 Å². The molecule has 0 radical (unpaired) electrons. The molecule has 3 amide bonds. The van der Waals surface area contributed by atoms with Crippen LogP contribution in [0.3, 0.4) is 0 Å². The maximum atomic E-state index is 14.4. The van der Waals surface area contributed by atoms with Crippen molar-refractivity contribution in [3.8, 4) is 0 Å². The molecular formula is C46H73N5O6. The summed E-state index contributed by atoms with van der Waals surface area (Å²) >= 11 is 0. The summed E-state index contributed by atoms with van der Waals surface area (Å²) < 4.78 is 12.1. The molecule has 1 aliphatic heterocycles. The summed E-state index contributed by atoms with van der Waals surface area (Å²) in [7, 11) is 8.77. The number of carbonyl (C=O) groups excluding carboxylic acids is 4. The van der Waals surface area contributed by atoms with Gasteiger partial charge in [0.1, 0.15) is 0 Å². The lowest BCUT2D eigenvalue weighted by atomic mass is 9.83. The standard InChI is InChI=1S/C46H73N5O6/c1-13-31(6)43(50(10)46(55)35(29(2)3)27-37(52)42(30(4)5)49(8)9)38(56-11)28-39(53)51-26-20-25-36(51)44(57-12)32(7)45(54)48-41(34-23-18-15-19-24-34)40(47)33-21-16-14-17-22-33/h14-19,21-24,29-32,35-36,38,40-44H,13,20,25-28,47H2,1-12H3,(H,48,54)/t31-,32+,35-,36-,38+,40-,41-,42-,43-,44+/m0/s1. The van der Waals surface area contributed by atoms with Gasteiger partial charge in [0.05, 0.1) is 54.8 Å². The van der Waals surface area contributed by atoms with Crippen LogP contribution in [0, 0.1) is 29.6 Å². The van der Waals surface area contributed by atoms with E-state index in [2.05, 4.69) is 19.2 Å². The SMILES string of the molecule is CC[C@H](C)[C@@H]([C@@H](CC(=O)N1CCC[C@H]1[C@H](OC)[C@@H](C)C(=O)N[C@@H](c1ccccc1)[C@@H](N)c1ccccc1)OC)N(C)C(=O)[C@@H](CC(=O)[C@H](C(C)C)N(C)C)C(C)C.